The van der Waals surface area contributed by atoms with Crippen molar-refractivity contribution >= 4 is 11.9 Å². The molecule has 0 radical (unpaired) electrons. The highest BCUT2D eigenvalue weighted by molar-refractivity contribution is 5.83. The predicted molar refractivity (Wildman–Crippen MR) is 40.3 cm³/mol. The first-order valence-electron chi connectivity index (χ1n) is 3.78. The van der Waals surface area contributed by atoms with Crippen molar-refractivity contribution in [3.05, 3.63) is 12.2 Å². The van der Waals surface area contributed by atoms with Crippen molar-refractivity contribution in [2.24, 2.45) is 0 Å². The maximum absolute atomic E-state index is 10.0. The second-order valence-electron chi connectivity index (χ2n) is 2.36. The normalized spacial score (nSPS) is 19.7. The zero-order valence-corrected chi connectivity index (χ0v) is 6.62. The van der Waals surface area contributed by atoms with Crippen molar-refractivity contribution in [1.29, 1.82) is 0 Å². The van der Waals surface area contributed by atoms with E-state index in [2.05, 4.69) is 9.47 Å². The summed E-state index contributed by atoms with van der Waals surface area (Å²) in [5, 5.41) is 0. The molecule has 2 aliphatic rings. The minimum absolute atomic E-state index is 0.0463. The molecular weight excluding hydrogens is 160 g/mol. The number of hydrogen-bond acceptors (Lipinski definition) is 4. The van der Waals surface area contributed by atoms with Gasteiger partial charge in [0, 0.05) is 12.5 Å². The Bertz CT molecular complexity index is 199. The molecule has 0 atom stereocenters. The van der Waals surface area contributed by atoms with Gasteiger partial charge in [-0.15, -0.1) is 0 Å². The molecule has 1 saturated heterocycles. The Labute approximate surface area is 70.1 Å². The molecule has 0 bridgehead atoms. The monoisotopic (exact) mass is 170 g/mol. The summed E-state index contributed by atoms with van der Waals surface area (Å²) >= 11 is 0. The van der Waals surface area contributed by atoms with Gasteiger partial charge in [0.2, 0.25) is 0 Å². The van der Waals surface area contributed by atoms with Crippen LogP contribution in [0, 0.1) is 0 Å². The molecule has 0 spiro atoms. The molecule has 2 heterocycles. The Balaban J connectivity index is 0.000000120. The van der Waals surface area contributed by atoms with Gasteiger partial charge in [0.1, 0.15) is 6.61 Å². The first-order valence-corrected chi connectivity index (χ1v) is 3.78. The van der Waals surface area contributed by atoms with Gasteiger partial charge in [-0.3, -0.25) is 4.79 Å². The number of cyclic esters (lactones) is 2. The fourth-order valence-electron chi connectivity index (χ4n) is 0.797. The van der Waals surface area contributed by atoms with Crippen LogP contribution >= 0.6 is 0 Å². The Morgan fingerprint density at radius 2 is 2.08 bits per heavy atom. The maximum atomic E-state index is 10.0. The van der Waals surface area contributed by atoms with Gasteiger partial charge in [0.05, 0.1) is 6.61 Å². The Morgan fingerprint density at radius 3 is 2.25 bits per heavy atom. The van der Waals surface area contributed by atoms with E-state index >= 15 is 0 Å². The molecule has 4 nitrogen and oxygen atoms in total. The molecule has 0 aromatic rings. The summed E-state index contributed by atoms with van der Waals surface area (Å²) in [6, 6.07) is 0. The first-order chi connectivity index (χ1) is 5.79. The summed E-state index contributed by atoms with van der Waals surface area (Å²) in [7, 11) is 0. The summed E-state index contributed by atoms with van der Waals surface area (Å²) in [5.74, 6) is -0.273. The second kappa shape index (κ2) is 4.54. The van der Waals surface area contributed by atoms with E-state index in [-0.39, 0.29) is 11.9 Å². The number of carbonyl (C=O) groups excluding carboxylic acids is 2. The quantitative estimate of drug-likeness (QED) is 0.494. The van der Waals surface area contributed by atoms with Crippen LogP contribution in [0.4, 0.5) is 0 Å². The highest BCUT2D eigenvalue weighted by Crippen LogP contribution is 2.01. The van der Waals surface area contributed by atoms with Crippen LogP contribution in [-0.4, -0.2) is 25.2 Å². The highest BCUT2D eigenvalue weighted by Gasteiger charge is 2.08. The second-order valence-corrected chi connectivity index (χ2v) is 2.36. The maximum Gasteiger partial charge on any atom is 0.330 e. The molecule has 0 N–H and O–H groups in total. The molecule has 4 heteroatoms. The topological polar surface area (TPSA) is 52.6 Å². The van der Waals surface area contributed by atoms with E-state index in [1.54, 1.807) is 6.08 Å². The Hall–Kier alpha value is -1.32. The lowest BCUT2D eigenvalue weighted by Crippen LogP contribution is -1.89. The van der Waals surface area contributed by atoms with E-state index in [4.69, 9.17) is 0 Å². The Morgan fingerprint density at radius 1 is 1.25 bits per heavy atom. The average Bonchev–Trinajstić information content (AvgIpc) is 2.63. The molecule has 0 aromatic heterocycles. The molecule has 0 unspecified atom stereocenters. The SMILES string of the molecule is O=C1C=CCO1.O=C1CCCO1. The Kier molecular flexibility index (Phi) is 3.32. The van der Waals surface area contributed by atoms with Crippen molar-refractivity contribution in [3.63, 3.8) is 0 Å². The summed E-state index contributed by atoms with van der Waals surface area (Å²) in [5.41, 5.74) is 0. The summed E-state index contributed by atoms with van der Waals surface area (Å²) < 4.78 is 8.92. The summed E-state index contributed by atoms with van der Waals surface area (Å²) in [4.78, 5) is 20.0. The standard InChI is InChI=1S/C4H6O2.C4H4O2/c2*5-4-2-1-3-6-4/h1-3H2;1-2H,3H2. The van der Waals surface area contributed by atoms with Gasteiger partial charge in [-0.25, -0.2) is 4.79 Å². The van der Waals surface area contributed by atoms with Crippen LogP contribution in [0.1, 0.15) is 12.8 Å². The van der Waals surface area contributed by atoms with Crippen LogP contribution in [-0.2, 0) is 19.1 Å². The number of hydrogen-bond donors (Lipinski definition) is 0. The van der Waals surface area contributed by atoms with E-state index in [0.29, 0.717) is 19.6 Å². The third-order valence-corrected chi connectivity index (χ3v) is 1.36. The fourth-order valence-corrected chi connectivity index (χ4v) is 0.797. The fraction of sp³-hybridized carbons (Fsp3) is 0.500. The van der Waals surface area contributed by atoms with Gasteiger partial charge in [0.15, 0.2) is 0 Å². The van der Waals surface area contributed by atoms with Crippen LogP contribution in [0.2, 0.25) is 0 Å². The van der Waals surface area contributed by atoms with E-state index in [1.807, 2.05) is 0 Å². The van der Waals surface area contributed by atoms with Crippen molar-refractivity contribution in [3.8, 4) is 0 Å². The number of esters is 2. The minimum atomic E-state index is -0.227. The van der Waals surface area contributed by atoms with Crippen LogP contribution in [0.15, 0.2) is 12.2 Å². The van der Waals surface area contributed by atoms with Gasteiger partial charge in [-0.2, -0.15) is 0 Å². The van der Waals surface area contributed by atoms with E-state index < -0.39 is 0 Å². The van der Waals surface area contributed by atoms with Gasteiger partial charge < -0.3 is 9.47 Å². The largest absolute Gasteiger partial charge is 0.466 e. The summed E-state index contributed by atoms with van der Waals surface area (Å²) in [6.45, 7) is 1.09. The zero-order valence-electron chi connectivity index (χ0n) is 6.62. The van der Waals surface area contributed by atoms with Crippen molar-refractivity contribution < 1.29 is 19.1 Å². The number of ether oxygens (including phenoxy) is 2. The third kappa shape index (κ3) is 3.18. The van der Waals surface area contributed by atoms with Gasteiger partial charge in [-0.1, -0.05) is 0 Å². The molecule has 12 heavy (non-hydrogen) atoms. The van der Waals surface area contributed by atoms with Crippen molar-refractivity contribution in [2.75, 3.05) is 13.2 Å². The molecule has 2 rings (SSSR count). The first kappa shape index (κ1) is 8.77. The molecule has 1 fully saturated rings. The average molecular weight is 170 g/mol. The molecule has 0 saturated carbocycles. The molecule has 66 valence electrons. The highest BCUT2D eigenvalue weighted by atomic mass is 16.5. The summed E-state index contributed by atoms with van der Waals surface area (Å²) in [6.07, 6.45) is 4.64. The van der Waals surface area contributed by atoms with E-state index in [1.165, 1.54) is 6.08 Å². The number of rotatable bonds is 0. The van der Waals surface area contributed by atoms with Crippen molar-refractivity contribution in [2.45, 2.75) is 12.8 Å². The lowest BCUT2D eigenvalue weighted by molar-refractivity contribution is -0.138. The number of carbonyl (C=O) groups is 2. The van der Waals surface area contributed by atoms with Crippen LogP contribution in [0.5, 0.6) is 0 Å². The van der Waals surface area contributed by atoms with Crippen LogP contribution < -0.4 is 0 Å². The van der Waals surface area contributed by atoms with E-state index in [0.717, 1.165) is 6.42 Å². The molecule has 2 aliphatic heterocycles. The molecule has 0 aromatic carbocycles. The molecule has 0 aliphatic carbocycles. The lowest BCUT2D eigenvalue weighted by Gasteiger charge is -1.81. The molecular formula is C8H10O4. The van der Waals surface area contributed by atoms with Crippen LogP contribution in [0.3, 0.4) is 0 Å². The lowest BCUT2D eigenvalue weighted by atomic mass is 10.4. The predicted octanol–water partition coefficient (Wildman–Crippen LogP) is 0.423. The zero-order chi connectivity index (χ0) is 8.81. The smallest absolute Gasteiger partial charge is 0.330 e. The molecule has 0 amide bonds. The van der Waals surface area contributed by atoms with Gasteiger partial charge in [0.25, 0.3) is 0 Å². The van der Waals surface area contributed by atoms with E-state index in [9.17, 15) is 9.59 Å². The van der Waals surface area contributed by atoms with Gasteiger partial charge in [-0.05, 0) is 12.5 Å². The minimum Gasteiger partial charge on any atom is -0.466 e. The third-order valence-electron chi connectivity index (χ3n) is 1.36. The van der Waals surface area contributed by atoms with Crippen LogP contribution in [0.25, 0.3) is 0 Å². The van der Waals surface area contributed by atoms with Gasteiger partial charge >= 0.3 is 11.9 Å². The van der Waals surface area contributed by atoms with Crippen molar-refractivity contribution in [1.82, 2.24) is 0 Å².